The largest absolute Gasteiger partial charge is 0.505 e. The highest BCUT2D eigenvalue weighted by Gasteiger charge is 2.26. The summed E-state index contributed by atoms with van der Waals surface area (Å²) < 4.78 is 92.4. The number of rotatable bonds is 10. The van der Waals surface area contributed by atoms with Crippen LogP contribution in [-0.4, -0.2) is 61.3 Å². The van der Waals surface area contributed by atoms with E-state index in [9.17, 15) is 39.8 Å². The van der Waals surface area contributed by atoms with E-state index in [-0.39, 0.29) is 43.9 Å². The van der Waals surface area contributed by atoms with Crippen LogP contribution in [0.1, 0.15) is 6.92 Å². The predicted molar refractivity (Wildman–Crippen MR) is 190 cm³/mol. The average Bonchev–Trinajstić information content (AvgIpc) is 3.07. The van der Waals surface area contributed by atoms with E-state index in [0.29, 0.717) is 11.9 Å². The van der Waals surface area contributed by atoms with Crippen molar-refractivity contribution in [1.82, 2.24) is 15.0 Å². The molecular formula is C31H24ClN7O9S3. The molecule has 16 nitrogen and oxygen atoms in total. The van der Waals surface area contributed by atoms with E-state index in [2.05, 4.69) is 30.5 Å². The fourth-order valence-corrected chi connectivity index (χ4v) is 7.42. The zero-order valence-electron chi connectivity index (χ0n) is 25.9. The van der Waals surface area contributed by atoms with Gasteiger partial charge in [-0.2, -0.15) is 31.8 Å². The second-order valence-electron chi connectivity index (χ2n) is 10.6. The van der Waals surface area contributed by atoms with Gasteiger partial charge in [-0.3, -0.25) is 9.11 Å². The molecule has 6 rings (SSSR count). The van der Waals surface area contributed by atoms with Crippen molar-refractivity contribution in [1.29, 1.82) is 0 Å². The van der Waals surface area contributed by atoms with E-state index in [4.69, 9.17) is 11.6 Å². The Morgan fingerprint density at radius 3 is 2.24 bits per heavy atom. The van der Waals surface area contributed by atoms with Crippen LogP contribution in [0, 0.1) is 0 Å². The van der Waals surface area contributed by atoms with E-state index in [1.807, 2.05) is 37.3 Å². The topological polar surface area (TPSA) is 245 Å². The number of nitrogens with zero attached hydrogens (tertiary/aromatic N) is 6. The minimum atomic E-state index is -5.18. The zero-order chi connectivity index (χ0) is 36.7. The van der Waals surface area contributed by atoms with Gasteiger partial charge in [-0.1, -0.05) is 48.5 Å². The van der Waals surface area contributed by atoms with Gasteiger partial charge in [-0.05, 0) is 65.7 Å². The average molecular weight is 770 g/mol. The quantitative estimate of drug-likeness (QED) is 0.0539. The Labute approximate surface area is 297 Å². The zero-order valence-corrected chi connectivity index (χ0v) is 29.1. The molecule has 6 aromatic rings. The summed E-state index contributed by atoms with van der Waals surface area (Å²) in [6.07, 6.45) is 0. The van der Waals surface area contributed by atoms with Crippen LogP contribution in [0.3, 0.4) is 0 Å². The van der Waals surface area contributed by atoms with Gasteiger partial charge in [0.1, 0.15) is 21.2 Å². The number of hydrogen-bond donors (Lipinski definition) is 5. The molecule has 1 heterocycles. The number of fused-ring (bicyclic) bond motifs is 2. The third-order valence-electron chi connectivity index (χ3n) is 7.45. The van der Waals surface area contributed by atoms with Gasteiger partial charge in [-0.15, -0.1) is 10.2 Å². The SMILES string of the molecule is CCN(c1ccccc1)c1nc(Cl)nc(Nc2cc(S(=O)O)cc3cc(S(=O)(=O)O)c(/N=N/c4ccc5ccccc5c4S(=O)(=O)O)c(O)c23)n1. The minimum absolute atomic E-state index is 0.0782. The molecule has 0 spiro atoms. The number of aromatic nitrogens is 3. The molecule has 0 saturated heterocycles. The number of halogens is 1. The Hall–Kier alpha value is -5.15. The number of phenolic OH excluding ortho intramolecular Hbond substituents is 1. The van der Waals surface area contributed by atoms with Crippen LogP contribution in [0.25, 0.3) is 21.5 Å². The first-order valence-electron chi connectivity index (χ1n) is 14.5. The number of anilines is 4. The standard InChI is InChI=1S/C31H24ClN7O9S3/c1-2-39(19-9-4-3-5-10-19)31-35-29(32)34-30(36-31)33-23-16-20(49(41)42)14-18-15-24(50(43,44)45)26(27(40)25(18)23)38-37-22-13-12-17-8-6-7-11-21(17)28(22)51(46,47)48/h3-16,40H,2H2,1H3,(H,41,42)(H,43,44,45)(H,46,47,48)(H,33,34,35,36)/b38-37+. The summed E-state index contributed by atoms with van der Waals surface area (Å²) >= 11 is 3.63. The van der Waals surface area contributed by atoms with Crippen LogP contribution in [-0.2, 0) is 31.3 Å². The van der Waals surface area contributed by atoms with Crippen LogP contribution in [0.5, 0.6) is 5.75 Å². The third-order valence-corrected chi connectivity index (χ3v) is 10.1. The lowest BCUT2D eigenvalue weighted by atomic mass is 10.1. The van der Waals surface area contributed by atoms with Gasteiger partial charge in [0.25, 0.3) is 20.2 Å². The molecule has 0 aliphatic carbocycles. The predicted octanol–water partition coefficient (Wildman–Crippen LogP) is 6.93. The molecule has 51 heavy (non-hydrogen) atoms. The minimum Gasteiger partial charge on any atom is -0.505 e. The van der Waals surface area contributed by atoms with Crippen LogP contribution >= 0.6 is 11.6 Å². The molecule has 0 saturated carbocycles. The molecule has 0 aliphatic rings. The number of hydrogen-bond acceptors (Lipinski definition) is 13. The summed E-state index contributed by atoms with van der Waals surface area (Å²) in [6.45, 7) is 2.26. The van der Waals surface area contributed by atoms with Gasteiger partial charge >= 0.3 is 0 Å². The lowest BCUT2D eigenvalue weighted by Crippen LogP contribution is -2.19. The van der Waals surface area contributed by atoms with E-state index >= 15 is 0 Å². The molecule has 1 atom stereocenters. The van der Waals surface area contributed by atoms with Crippen LogP contribution in [0.2, 0.25) is 5.28 Å². The monoisotopic (exact) mass is 769 g/mol. The van der Waals surface area contributed by atoms with Gasteiger partial charge in [0.15, 0.2) is 16.8 Å². The van der Waals surface area contributed by atoms with Crippen molar-refractivity contribution in [3.05, 3.63) is 90.2 Å². The van der Waals surface area contributed by atoms with Crippen LogP contribution < -0.4 is 10.2 Å². The first-order chi connectivity index (χ1) is 24.2. The molecule has 0 radical (unpaired) electrons. The molecular weight excluding hydrogens is 746 g/mol. The van der Waals surface area contributed by atoms with Gasteiger partial charge in [0.05, 0.1) is 10.6 Å². The molecule has 1 aromatic heterocycles. The first kappa shape index (κ1) is 35.7. The van der Waals surface area contributed by atoms with Gasteiger partial charge in [0, 0.05) is 23.0 Å². The second-order valence-corrected chi connectivity index (χ2v) is 14.7. The maximum atomic E-state index is 12.6. The summed E-state index contributed by atoms with van der Waals surface area (Å²) in [5.41, 5.74) is -0.671. The van der Waals surface area contributed by atoms with Gasteiger partial charge < -0.3 is 19.9 Å². The third kappa shape index (κ3) is 7.35. The summed E-state index contributed by atoms with van der Waals surface area (Å²) in [6, 6.07) is 21.0. The van der Waals surface area contributed by atoms with Crippen molar-refractivity contribution in [3.63, 3.8) is 0 Å². The summed E-state index contributed by atoms with van der Waals surface area (Å²) in [5, 5.41) is 22.0. The lowest BCUT2D eigenvalue weighted by Gasteiger charge is -2.21. The van der Waals surface area contributed by atoms with Crippen molar-refractivity contribution in [2.75, 3.05) is 16.8 Å². The van der Waals surface area contributed by atoms with Crippen LogP contribution in [0.15, 0.2) is 110 Å². The van der Waals surface area contributed by atoms with E-state index < -0.39 is 58.2 Å². The summed E-state index contributed by atoms with van der Waals surface area (Å²) in [4.78, 5) is 12.6. The van der Waals surface area contributed by atoms with E-state index in [1.165, 1.54) is 24.3 Å². The van der Waals surface area contributed by atoms with Crippen molar-refractivity contribution < 1.29 is 39.8 Å². The first-order valence-corrected chi connectivity index (χ1v) is 18.9. The Kier molecular flexibility index (Phi) is 9.70. The maximum Gasteiger partial charge on any atom is 0.297 e. The highest BCUT2D eigenvalue weighted by Crippen LogP contribution is 2.46. The number of aromatic hydroxyl groups is 1. The number of phenols is 1. The van der Waals surface area contributed by atoms with Crippen LogP contribution in [0.4, 0.5) is 34.6 Å². The smallest absolute Gasteiger partial charge is 0.297 e. The van der Waals surface area contributed by atoms with Crippen molar-refractivity contribution in [3.8, 4) is 5.75 Å². The highest BCUT2D eigenvalue weighted by atomic mass is 35.5. The summed E-state index contributed by atoms with van der Waals surface area (Å²) in [7, 11) is -10.1. The lowest BCUT2D eigenvalue weighted by molar-refractivity contribution is 0.472. The van der Waals surface area contributed by atoms with E-state index in [1.54, 1.807) is 17.0 Å². The Morgan fingerprint density at radius 2 is 1.57 bits per heavy atom. The van der Waals surface area contributed by atoms with Crippen molar-refractivity contribution >= 4 is 99.1 Å². The van der Waals surface area contributed by atoms with Gasteiger partial charge in [-0.25, -0.2) is 4.21 Å². The van der Waals surface area contributed by atoms with Gasteiger partial charge in [0.2, 0.25) is 17.2 Å². The number of para-hydroxylation sites is 1. The summed E-state index contributed by atoms with van der Waals surface area (Å²) in [5.74, 6) is -0.970. The maximum absolute atomic E-state index is 12.6. The van der Waals surface area contributed by atoms with Crippen molar-refractivity contribution in [2.45, 2.75) is 21.6 Å². The number of benzene rings is 5. The molecule has 0 fully saturated rings. The second kappa shape index (κ2) is 13.9. The fraction of sp³-hybridized carbons (Fsp3) is 0.0645. The molecule has 20 heteroatoms. The van der Waals surface area contributed by atoms with E-state index in [0.717, 1.165) is 23.9 Å². The molecule has 0 bridgehead atoms. The molecule has 262 valence electrons. The Bertz CT molecular complexity index is 2630. The molecule has 0 amide bonds. The number of azo groups is 1. The molecule has 5 N–H and O–H groups in total. The normalized spacial score (nSPS) is 12.8. The Balaban J connectivity index is 1.56. The Morgan fingerprint density at radius 1 is 0.863 bits per heavy atom. The fourth-order valence-electron chi connectivity index (χ4n) is 5.32. The van der Waals surface area contributed by atoms with Crippen molar-refractivity contribution in [2.24, 2.45) is 10.2 Å². The highest BCUT2D eigenvalue weighted by molar-refractivity contribution is 7.86. The molecule has 0 aliphatic heterocycles. The number of nitrogens with one attached hydrogen (secondary N) is 1. The molecule has 1 unspecified atom stereocenters. The molecule has 5 aromatic carbocycles.